The van der Waals surface area contributed by atoms with Crippen LogP contribution in [0.15, 0.2) is 41.8 Å². The number of aliphatic hydroxyl groups is 1. The fraction of sp³-hybridized carbons (Fsp3) is 0.0909. The van der Waals surface area contributed by atoms with Crippen LogP contribution in [-0.2, 0) is 0 Å². The van der Waals surface area contributed by atoms with Crippen molar-refractivity contribution in [3.63, 3.8) is 0 Å². The van der Waals surface area contributed by atoms with E-state index in [1.807, 2.05) is 29.6 Å². The predicted octanol–water partition coefficient (Wildman–Crippen LogP) is 2.41. The van der Waals surface area contributed by atoms with Crippen LogP contribution < -0.4 is 5.73 Å². The van der Waals surface area contributed by atoms with Crippen molar-refractivity contribution in [3.05, 3.63) is 52.2 Å². The van der Waals surface area contributed by atoms with Crippen molar-refractivity contribution in [1.29, 1.82) is 0 Å². The Hall–Kier alpha value is -1.32. The molecule has 2 aromatic rings. The molecule has 0 bridgehead atoms. The SMILES string of the molecule is Nc1ccc(C(O)c2cccs2)cc1. The predicted molar refractivity (Wildman–Crippen MR) is 59.2 cm³/mol. The van der Waals surface area contributed by atoms with E-state index in [2.05, 4.69) is 0 Å². The first-order valence-corrected chi connectivity index (χ1v) is 5.22. The molecule has 0 saturated carbocycles. The first kappa shape index (κ1) is 9.24. The summed E-state index contributed by atoms with van der Waals surface area (Å²) in [5, 5.41) is 11.9. The minimum atomic E-state index is -0.532. The van der Waals surface area contributed by atoms with Gasteiger partial charge < -0.3 is 10.8 Å². The second kappa shape index (κ2) is 3.82. The molecule has 1 atom stereocenters. The molecule has 0 spiro atoms. The van der Waals surface area contributed by atoms with Gasteiger partial charge in [-0.1, -0.05) is 18.2 Å². The van der Waals surface area contributed by atoms with Crippen LogP contribution in [0.2, 0.25) is 0 Å². The van der Waals surface area contributed by atoms with Crippen LogP contribution in [0.4, 0.5) is 5.69 Å². The van der Waals surface area contributed by atoms with Gasteiger partial charge in [0.2, 0.25) is 0 Å². The van der Waals surface area contributed by atoms with Gasteiger partial charge >= 0.3 is 0 Å². The second-order valence-corrected chi connectivity index (χ2v) is 4.06. The van der Waals surface area contributed by atoms with E-state index >= 15 is 0 Å². The smallest absolute Gasteiger partial charge is 0.113 e. The number of anilines is 1. The van der Waals surface area contributed by atoms with Crippen LogP contribution in [0, 0.1) is 0 Å². The van der Waals surface area contributed by atoms with Crippen LogP contribution in [0.3, 0.4) is 0 Å². The summed E-state index contributed by atoms with van der Waals surface area (Å²) in [4.78, 5) is 0.953. The molecular formula is C11H11NOS. The third-order valence-corrected chi connectivity index (χ3v) is 2.99. The molecule has 72 valence electrons. The molecule has 1 aromatic carbocycles. The van der Waals surface area contributed by atoms with Gasteiger partial charge in [-0.05, 0) is 29.1 Å². The average Bonchev–Trinajstić information content (AvgIpc) is 2.71. The third kappa shape index (κ3) is 1.78. The fourth-order valence-corrected chi connectivity index (χ4v) is 2.03. The lowest BCUT2D eigenvalue weighted by Crippen LogP contribution is -1.96. The highest BCUT2D eigenvalue weighted by Gasteiger charge is 2.10. The second-order valence-electron chi connectivity index (χ2n) is 3.08. The number of aliphatic hydroxyl groups excluding tert-OH is 1. The Bertz CT molecular complexity index is 394. The van der Waals surface area contributed by atoms with Crippen molar-refractivity contribution in [1.82, 2.24) is 0 Å². The number of hydrogen-bond acceptors (Lipinski definition) is 3. The number of rotatable bonds is 2. The lowest BCUT2D eigenvalue weighted by Gasteiger charge is -2.08. The minimum absolute atomic E-state index is 0.532. The molecule has 3 heteroatoms. The zero-order valence-corrected chi connectivity index (χ0v) is 8.37. The Morgan fingerprint density at radius 2 is 1.86 bits per heavy atom. The summed E-state index contributed by atoms with van der Waals surface area (Å²) in [5.74, 6) is 0. The first-order valence-electron chi connectivity index (χ1n) is 4.34. The molecule has 1 heterocycles. The maximum absolute atomic E-state index is 9.94. The molecule has 0 aliphatic carbocycles. The van der Waals surface area contributed by atoms with Crippen molar-refractivity contribution in [2.24, 2.45) is 0 Å². The van der Waals surface area contributed by atoms with E-state index < -0.39 is 6.10 Å². The van der Waals surface area contributed by atoms with Gasteiger partial charge in [0.1, 0.15) is 6.10 Å². The summed E-state index contributed by atoms with van der Waals surface area (Å²) < 4.78 is 0. The summed E-state index contributed by atoms with van der Waals surface area (Å²) in [6, 6.07) is 11.1. The molecule has 0 aliphatic rings. The van der Waals surface area contributed by atoms with E-state index in [-0.39, 0.29) is 0 Å². The van der Waals surface area contributed by atoms with Gasteiger partial charge in [-0.25, -0.2) is 0 Å². The summed E-state index contributed by atoms with van der Waals surface area (Å²) in [5.41, 5.74) is 7.16. The standard InChI is InChI=1S/C11H11NOS/c12-9-5-3-8(4-6-9)11(13)10-2-1-7-14-10/h1-7,11,13H,12H2. The molecule has 0 fully saturated rings. The van der Waals surface area contributed by atoms with Gasteiger partial charge in [-0.15, -0.1) is 11.3 Å². The van der Waals surface area contributed by atoms with Crippen molar-refractivity contribution >= 4 is 17.0 Å². The van der Waals surface area contributed by atoms with E-state index in [0.29, 0.717) is 5.69 Å². The van der Waals surface area contributed by atoms with Crippen LogP contribution in [-0.4, -0.2) is 5.11 Å². The minimum Gasteiger partial charge on any atom is -0.399 e. The monoisotopic (exact) mass is 205 g/mol. The Labute approximate surface area is 86.6 Å². The van der Waals surface area contributed by atoms with Crippen molar-refractivity contribution in [2.75, 3.05) is 5.73 Å². The normalized spacial score (nSPS) is 12.6. The quantitative estimate of drug-likeness (QED) is 0.739. The summed E-state index contributed by atoms with van der Waals surface area (Å²) in [6.07, 6.45) is -0.532. The molecule has 0 aliphatic heterocycles. The highest BCUT2D eigenvalue weighted by molar-refractivity contribution is 7.10. The summed E-state index contributed by atoms with van der Waals surface area (Å²) in [7, 11) is 0. The molecule has 1 aromatic heterocycles. The largest absolute Gasteiger partial charge is 0.399 e. The first-order chi connectivity index (χ1) is 6.77. The van der Waals surface area contributed by atoms with E-state index in [1.165, 1.54) is 0 Å². The lowest BCUT2D eigenvalue weighted by molar-refractivity contribution is 0.224. The highest BCUT2D eigenvalue weighted by Crippen LogP contribution is 2.25. The Morgan fingerprint density at radius 3 is 2.43 bits per heavy atom. The lowest BCUT2D eigenvalue weighted by atomic mass is 10.1. The van der Waals surface area contributed by atoms with Crippen LogP contribution in [0.5, 0.6) is 0 Å². The summed E-state index contributed by atoms with van der Waals surface area (Å²) in [6.45, 7) is 0. The van der Waals surface area contributed by atoms with E-state index in [1.54, 1.807) is 23.5 Å². The maximum Gasteiger partial charge on any atom is 0.113 e. The fourth-order valence-electron chi connectivity index (χ4n) is 1.29. The number of nitrogen functional groups attached to an aromatic ring is 1. The van der Waals surface area contributed by atoms with Gasteiger partial charge in [0.15, 0.2) is 0 Å². The molecule has 14 heavy (non-hydrogen) atoms. The molecule has 1 unspecified atom stereocenters. The van der Waals surface area contributed by atoms with E-state index in [9.17, 15) is 5.11 Å². The zero-order valence-electron chi connectivity index (χ0n) is 7.55. The number of thiophene rings is 1. The van der Waals surface area contributed by atoms with Gasteiger partial charge in [0, 0.05) is 10.6 Å². The molecule has 0 saturated heterocycles. The van der Waals surface area contributed by atoms with Crippen LogP contribution in [0.1, 0.15) is 16.5 Å². The number of hydrogen-bond donors (Lipinski definition) is 2. The molecular weight excluding hydrogens is 194 g/mol. The molecule has 3 N–H and O–H groups in total. The topological polar surface area (TPSA) is 46.2 Å². The van der Waals surface area contributed by atoms with Crippen molar-refractivity contribution in [2.45, 2.75) is 6.10 Å². The Morgan fingerprint density at radius 1 is 1.14 bits per heavy atom. The Balaban J connectivity index is 2.28. The number of nitrogens with two attached hydrogens (primary N) is 1. The van der Waals surface area contributed by atoms with Gasteiger partial charge in [0.05, 0.1) is 0 Å². The Kier molecular flexibility index (Phi) is 2.52. The van der Waals surface area contributed by atoms with E-state index in [0.717, 1.165) is 10.4 Å². The van der Waals surface area contributed by atoms with Crippen LogP contribution >= 0.6 is 11.3 Å². The summed E-state index contributed by atoms with van der Waals surface area (Å²) >= 11 is 1.55. The van der Waals surface area contributed by atoms with Gasteiger partial charge in [-0.3, -0.25) is 0 Å². The average molecular weight is 205 g/mol. The highest BCUT2D eigenvalue weighted by atomic mass is 32.1. The zero-order chi connectivity index (χ0) is 9.97. The van der Waals surface area contributed by atoms with Crippen molar-refractivity contribution in [3.8, 4) is 0 Å². The van der Waals surface area contributed by atoms with Gasteiger partial charge in [0.25, 0.3) is 0 Å². The molecule has 2 nitrogen and oxygen atoms in total. The van der Waals surface area contributed by atoms with Crippen molar-refractivity contribution < 1.29 is 5.11 Å². The number of benzene rings is 1. The molecule has 0 radical (unpaired) electrons. The van der Waals surface area contributed by atoms with E-state index in [4.69, 9.17) is 5.73 Å². The van der Waals surface area contributed by atoms with Gasteiger partial charge in [-0.2, -0.15) is 0 Å². The third-order valence-electron chi connectivity index (χ3n) is 2.06. The maximum atomic E-state index is 9.94. The molecule has 2 rings (SSSR count). The van der Waals surface area contributed by atoms with Crippen LogP contribution in [0.25, 0.3) is 0 Å². The molecule has 0 amide bonds.